The highest BCUT2D eigenvalue weighted by Crippen LogP contribution is 2.44. The molecular formula is C12H20O. The molecule has 2 aliphatic carbocycles. The number of rotatable bonds is 3. The molecule has 2 saturated carbocycles. The highest BCUT2D eigenvalue weighted by Gasteiger charge is 2.43. The monoisotopic (exact) mass is 180 g/mol. The van der Waals surface area contributed by atoms with Gasteiger partial charge in [0.1, 0.15) is 5.78 Å². The molecule has 1 heteroatoms. The summed E-state index contributed by atoms with van der Waals surface area (Å²) in [5.41, 5.74) is 0. The van der Waals surface area contributed by atoms with Crippen LogP contribution in [0.25, 0.3) is 0 Å². The van der Waals surface area contributed by atoms with Crippen LogP contribution in [0.3, 0.4) is 0 Å². The zero-order valence-corrected chi connectivity index (χ0v) is 8.59. The van der Waals surface area contributed by atoms with Crippen molar-refractivity contribution in [3.05, 3.63) is 0 Å². The Morgan fingerprint density at radius 2 is 1.92 bits per heavy atom. The van der Waals surface area contributed by atoms with E-state index in [4.69, 9.17) is 0 Å². The van der Waals surface area contributed by atoms with Crippen LogP contribution in [0.1, 0.15) is 51.9 Å². The van der Waals surface area contributed by atoms with Crippen molar-refractivity contribution in [3.8, 4) is 0 Å². The number of hydrogen-bond donors (Lipinski definition) is 0. The fourth-order valence-electron chi connectivity index (χ4n) is 2.74. The molecule has 2 rings (SSSR count). The van der Waals surface area contributed by atoms with Crippen molar-refractivity contribution >= 4 is 5.78 Å². The standard InChI is InChI=1S/C12H20O/c1-2-9-8-11(9)12(13)10-6-4-3-5-7-10/h9-11H,2-8H2,1H3/t9-,11+/m0/s1. The largest absolute Gasteiger partial charge is 0.299 e. The Morgan fingerprint density at radius 3 is 2.46 bits per heavy atom. The van der Waals surface area contributed by atoms with E-state index in [0.29, 0.717) is 17.6 Å². The van der Waals surface area contributed by atoms with Gasteiger partial charge < -0.3 is 0 Å². The third kappa shape index (κ3) is 1.95. The van der Waals surface area contributed by atoms with Crippen molar-refractivity contribution in [1.82, 2.24) is 0 Å². The zero-order chi connectivity index (χ0) is 9.26. The molecule has 2 atom stereocenters. The molecule has 0 aromatic rings. The molecule has 0 amide bonds. The van der Waals surface area contributed by atoms with E-state index in [1.165, 1.54) is 44.9 Å². The smallest absolute Gasteiger partial charge is 0.139 e. The van der Waals surface area contributed by atoms with E-state index in [1.54, 1.807) is 0 Å². The molecule has 0 saturated heterocycles. The molecule has 0 radical (unpaired) electrons. The molecule has 0 bridgehead atoms. The van der Waals surface area contributed by atoms with Crippen molar-refractivity contribution in [2.75, 3.05) is 0 Å². The van der Waals surface area contributed by atoms with Gasteiger partial charge in [0.25, 0.3) is 0 Å². The van der Waals surface area contributed by atoms with Crippen LogP contribution in [0.2, 0.25) is 0 Å². The van der Waals surface area contributed by atoms with Crippen LogP contribution < -0.4 is 0 Å². The number of ketones is 1. The second kappa shape index (κ2) is 3.81. The Hall–Kier alpha value is -0.330. The number of carbonyl (C=O) groups excluding carboxylic acids is 1. The molecular weight excluding hydrogens is 160 g/mol. The molecule has 2 fully saturated rings. The summed E-state index contributed by atoms with van der Waals surface area (Å²) in [6, 6.07) is 0. The lowest BCUT2D eigenvalue weighted by Crippen LogP contribution is -2.19. The Balaban J connectivity index is 1.83. The maximum atomic E-state index is 11.9. The molecule has 74 valence electrons. The van der Waals surface area contributed by atoms with Crippen molar-refractivity contribution in [2.45, 2.75) is 51.9 Å². The van der Waals surface area contributed by atoms with Gasteiger partial charge in [-0.2, -0.15) is 0 Å². The zero-order valence-electron chi connectivity index (χ0n) is 8.59. The SMILES string of the molecule is CC[C@H]1C[C@H]1C(=O)C1CCCCC1. The summed E-state index contributed by atoms with van der Waals surface area (Å²) < 4.78 is 0. The molecule has 0 aliphatic heterocycles. The van der Waals surface area contributed by atoms with Gasteiger partial charge in [0.15, 0.2) is 0 Å². The number of Topliss-reactive ketones (excluding diaryl/α,β-unsaturated/α-hetero) is 1. The first-order chi connectivity index (χ1) is 6.33. The number of carbonyl (C=O) groups is 1. The Kier molecular flexibility index (Phi) is 2.71. The first-order valence-corrected chi connectivity index (χ1v) is 5.86. The summed E-state index contributed by atoms with van der Waals surface area (Å²) >= 11 is 0. The maximum Gasteiger partial charge on any atom is 0.139 e. The predicted molar refractivity (Wildman–Crippen MR) is 53.5 cm³/mol. The molecule has 0 aromatic heterocycles. The molecule has 1 nitrogen and oxygen atoms in total. The summed E-state index contributed by atoms with van der Waals surface area (Å²) in [5, 5.41) is 0. The number of hydrogen-bond acceptors (Lipinski definition) is 1. The lowest BCUT2D eigenvalue weighted by atomic mass is 9.84. The van der Waals surface area contributed by atoms with Gasteiger partial charge in [-0.3, -0.25) is 4.79 Å². The van der Waals surface area contributed by atoms with Crippen LogP contribution in [0.15, 0.2) is 0 Å². The first-order valence-electron chi connectivity index (χ1n) is 5.86. The van der Waals surface area contributed by atoms with Gasteiger partial charge in [0.2, 0.25) is 0 Å². The summed E-state index contributed by atoms with van der Waals surface area (Å²) in [4.78, 5) is 11.9. The topological polar surface area (TPSA) is 17.1 Å². The quantitative estimate of drug-likeness (QED) is 0.652. The Bertz CT molecular complexity index is 191. The molecule has 0 heterocycles. The van der Waals surface area contributed by atoms with E-state index in [1.807, 2.05) is 0 Å². The van der Waals surface area contributed by atoms with Crippen LogP contribution in [0, 0.1) is 17.8 Å². The minimum absolute atomic E-state index is 0.454. The summed E-state index contributed by atoms with van der Waals surface area (Å²) in [6.07, 6.45) is 8.72. The Labute approximate surface area is 80.9 Å². The molecule has 0 aromatic carbocycles. The third-order valence-electron chi connectivity index (χ3n) is 3.82. The van der Waals surface area contributed by atoms with Crippen molar-refractivity contribution in [2.24, 2.45) is 17.8 Å². The van der Waals surface area contributed by atoms with Gasteiger partial charge in [-0.25, -0.2) is 0 Å². The summed E-state index contributed by atoms with van der Waals surface area (Å²) in [7, 11) is 0. The average Bonchev–Trinajstić information content (AvgIpc) is 2.97. The van der Waals surface area contributed by atoms with Gasteiger partial charge >= 0.3 is 0 Å². The van der Waals surface area contributed by atoms with Crippen molar-refractivity contribution in [3.63, 3.8) is 0 Å². The van der Waals surface area contributed by atoms with Gasteiger partial charge in [-0.1, -0.05) is 32.6 Å². The third-order valence-corrected chi connectivity index (χ3v) is 3.82. The normalized spacial score (nSPS) is 34.5. The predicted octanol–water partition coefficient (Wildman–Crippen LogP) is 3.18. The van der Waals surface area contributed by atoms with Crippen LogP contribution in [-0.4, -0.2) is 5.78 Å². The molecule has 13 heavy (non-hydrogen) atoms. The van der Waals surface area contributed by atoms with Crippen LogP contribution in [-0.2, 0) is 4.79 Å². The van der Waals surface area contributed by atoms with Crippen molar-refractivity contribution in [1.29, 1.82) is 0 Å². The average molecular weight is 180 g/mol. The van der Waals surface area contributed by atoms with Gasteiger partial charge in [-0.15, -0.1) is 0 Å². The second-order valence-corrected chi connectivity index (χ2v) is 4.75. The highest BCUT2D eigenvalue weighted by atomic mass is 16.1. The second-order valence-electron chi connectivity index (χ2n) is 4.75. The molecule has 0 unspecified atom stereocenters. The Morgan fingerprint density at radius 1 is 1.23 bits per heavy atom. The van der Waals surface area contributed by atoms with E-state index in [-0.39, 0.29) is 0 Å². The summed E-state index contributed by atoms with van der Waals surface area (Å²) in [6.45, 7) is 2.21. The van der Waals surface area contributed by atoms with Crippen LogP contribution in [0.4, 0.5) is 0 Å². The highest BCUT2D eigenvalue weighted by molar-refractivity contribution is 5.86. The lowest BCUT2D eigenvalue weighted by Gasteiger charge is -2.20. The van der Waals surface area contributed by atoms with E-state index in [9.17, 15) is 4.79 Å². The van der Waals surface area contributed by atoms with Crippen LogP contribution >= 0.6 is 0 Å². The van der Waals surface area contributed by atoms with E-state index < -0.39 is 0 Å². The lowest BCUT2D eigenvalue weighted by molar-refractivity contribution is -0.125. The fourth-order valence-corrected chi connectivity index (χ4v) is 2.74. The van der Waals surface area contributed by atoms with E-state index >= 15 is 0 Å². The molecule has 2 aliphatic rings. The molecule has 0 N–H and O–H groups in total. The van der Waals surface area contributed by atoms with E-state index in [2.05, 4.69) is 6.92 Å². The van der Waals surface area contributed by atoms with Crippen LogP contribution in [0.5, 0.6) is 0 Å². The minimum Gasteiger partial charge on any atom is -0.299 e. The maximum absolute atomic E-state index is 11.9. The molecule has 0 spiro atoms. The van der Waals surface area contributed by atoms with Gasteiger partial charge in [0.05, 0.1) is 0 Å². The van der Waals surface area contributed by atoms with E-state index in [0.717, 1.165) is 5.92 Å². The summed E-state index contributed by atoms with van der Waals surface area (Å²) in [5.74, 6) is 2.31. The van der Waals surface area contributed by atoms with Crippen molar-refractivity contribution < 1.29 is 4.79 Å². The van der Waals surface area contributed by atoms with Gasteiger partial charge in [-0.05, 0) is 25.2 Å². The fraction of sp³-hybridized carbons (Fsp3) is 0.917. The first kappa shape index (κ1) is 9.23. The van der Waals surface area contributed by atoms with Gasteiger partial charge in [0, 0.05) is 11.8 Å². The minimum atomic E-state index is 0.454.